The summed E-state index contributed by atoms with van der Waals surface area (Å²) in [5.74, 6) is 3.38. The van der Waals surface area contributed by atoms with Crippen molar-refractivity contribution in [3.8, 4) is 0 Å². The van der Waals surface area contributed by atoms with E-state index in [1.807, 2.05) is 6.07 Å². The molecule has 0 amide bonds. The van der Waals surface area contributed by atoms with Gasteiger partial charge in [0, 0.05) is 23.4 Å². The van der Waals surface area contributed by atoms with E-state index in [2.05, 4.69) is 55.6 Å². The van der Waals surface area contributed by atoms with Crippen molar-refractivity contribution in [3.05, 3.63) is 32.7 Å². The molecule has 0 atom stereocenters. The maximum atomic E-state index is 4.66. The lowest BCUT2D eigenvalue weighted by Crippen LogP contribution is -2.08. The van der Waals surface area contributed by atoms with Crippen molar-refractivity contribution >= 4 is 38.9 Å². The summed E-state index contributed by atoms with van der Waals surface area (Å²) in [5.41, 5.74) is 0. The van der Waals surface area contributed by atoms with Crippen LogP contribution in [-0.2, 0) is 6.54 Å². The van der Waals surface area contributed by atoms with Crippen molar-refractivity contribution in [3.63, 3.8) is 0 Å². The van der Waals surface area contributed by atoms with E-state index in [4.69, 9.17) is 0 Å². The van der Waals surface area contributed by atoms with Crippen LogP contribution in [0.1, 0.15) is 42.8 Å². The van der Waals surface area contributed by atoms with Crippen LogP contribution in [0.25, 0.3) is 0 Å². The largest absolute Gasteiger partial charge is 0.370 e. The van der Waals surface area contributed by atoms with Crippen LogP contribution >= 0.6 is 27.3 Å². The Balaban J connectivity index is 1.71. The van der Waals surface area contributed by atoms with Crippen molar-refractivity contribution < 1.29 is 0 Å². The number of nitrogens with zero attached hydrogens (tertiary/aromatic N) is 2. The summed E-state index contributed by atoms with van der Waals surface area (Å²) in [6, 6.07) is 6.21. The first-order valence-electron chi connectivity index (χ1n) is 7.35. The third kappa shape index (κ3) is 4.17. The average Bonchev–Trinajstić information content (AvgIpc) is 3.26. The minimum absolute atomic E-state index is 0.560. The van der Waals surface area contributed by atoms with E-state index in [0.29, 0.717) is 5.92 Å². The first kappa shape index (κ1) is 14.8. The van der Waals surface area contributed by atoms with E-state index in [0.717, 1.165) is 40.8 Å². The highest BCUT2D eigenvalue weighted by Crippen LogP contribution is 2.38. The Morgan fingerprint density at radius 2 is 2.00 bits per heavy atom. The van der Waals surface area contributed by atoms with Crippen LogP contribution < -0.4 is 10.6 Å². The fourth-order valence-corrected chi connectivity index (χ4v) is 3.47. The van der Waals surface area contributed by atoms with Gasteiger partial charge in [-0.05, 0) is 47.3 Å². The molecule has 0 radical (unpaired) electrons. The molecule has 1 aliphatic carbocycles. The second-order valence-corrected chi connectivity index (χ2v) is 7.80. The molecule has 21 heavy (non-hydrogen) atoms. The zero-order chi connectivity index (χ0) is 14.7. The monoisotopic (exact) mass is 366 g/mol. The molecule has 1 fully saturated rings. The molecule has 2 aromatic heterocycles. The summed E-state index contributed by atoms with van der Waals surface area (Å²) < 4.78 is 1.16. The third-order valence-corrected chi connectivity index (χ3v) is 4.94. The van der Waals surface area contributed by atoms with Gasteiger partial charge in [-0.3, -0.25) is 0 Å². The quantitative estimate of drug-likeness (QED) is 0.750. The lowest BCUT2D eigenvalue weighted by atomic mass is 10.3. The van der Waals surface area contributed by atoms with Gasteiger partial charge in [0.2, 0.25) is 0 Å². The van der Waals surface area contributed by atoms with Crippen LogP contribution in [0.3, 0.4) is 0 Å². The molecule has 0 aliphatic heterocycles. The first-order valence-corrected chi connectivity index (χ1v) is 8.96. The molecule has 0 spiro atoms. The molecule has 4 nitrogen and oxygen atoms in total. The molecule has 2 aromatic rings. The predicted octanol–water partition coefficient (Wildman–Crippen LogP) is 4.61. The van der Waals surface area contributed by atoms with E-state index < -0.39 is 0 Å². The number of hydrogen-bond acceptors (Lipinski definition) is 5. The maximum Gasteiger partial charge on any atom is 0.136 e. The van der Waals surface area contributed by atoms with Gasteiger partial charge in [-0.1, -0.05) is 6.92 Å². The molecule has 1 saturated carbocycles. The number of nitrogens with one attached hydrogen (secondary N) is 2. The molecular weight excluding hydrogens is 348 g/mol. The third-order valence-electron chi connectivity index (χ3n) is 3.31. The van der Waals surface area contributed by atoms with Crippen LogP contribution in [-0.4, -0.2) is 16.5 Å². The molecule has 2 N–H and O–H groups in total. The second-order valence-electron chi connectivity index (χ2n) is 5.26. The van der Waals surface area contributed by atoms with Crippen molar-refractivity contribution in [2.24, 2.45) is 0 Å². The molecule has 0 bridgehead atoms. The average molecular weight is 367 g/mol. The SMILES string of the molecule is CCCNc1cc(NCc2ccc(Br)s2)nc(C2CC2)n1. The summed E-state index contributed by atoms with van der Waals surface area (Å²) in [5, 5.41) is 6.78. The van der Waals surface area contributed by atoms with Crippen LogP contribution in [0.15, 0.2) is 22.0 Å². The van der Waals surface area contributed by atoms with E-state index in [1.54, 1.807) is 11.3 Å². The minimum Gasteiger partial charge on any atom is -0.370 e. The van der Waals surface area contributed by atoms with E-state index in [1.165, 1.54) is 17.7 Å². The molecule has 0 unspecified atom stereocenters. The Bertz CT molecular complexity index is 609. The first-order chi connectivity index (χ1) is 10.2. The lowest BCUT2D eigenvalue weighted by Gasteiger charge is -2.10. The standard InChI is InChI=1S/C15H19BrN4S/c1-2-7-17-13-8-14(20-15(19-13)10-3-4-10)18-9-11-5-6-12(16)21-11/h5-6,8,10H,2-4,7,9H2,1H3,(H2,17,18,19,20). The van der Waals surface area contributed by atoms with Crippen LogP contribution in [0.5, 0.6) is 0 Å². The Morgan fingerprint density at radius 1 is 1.24 bits per heavy atom. The zero-order valence-corrected chi connectivity index (χ0v) is 14.4. The van der Waals surface area contributed by atoms with Crippen molar-refractivity contribution in [1.82, 2.24) is 9.97 Å². The number of aromatic nitrogens is 2. The highest BCUT2D eigenvalue weighted by atomic mass is 79.9. The van der Waals surface area contributed by atoms with Crippen molar-refractivity contribution in [2.45, 2.75) is 38.6 Å². The fourth-order valence-electron chi connectivity index (χ4n) is 2.05. The highest BCUT2D eigenvalue weighted by Gasteiger charge is 2.27. The van der Waals surface area contributed by atoms with E-state index in [-0.39, 0.29) is 0 Å². The molecule has 1 aliphatic rings. The summed E-state index contributed by atoms with van der Waals surface area (Å²) in [4.78, 5) is 10.6. The summed E-state index contributed by atoms with van der Waals surface area (Å²) in [7, 11) is 0. The van der Waals surface area contributed by atoms with Crippen LogP contribution in [0.4, 0.5) is 11.6 Å². The number of halogens is 1. The summed E-state index contributed by atoms with van der Waals surface area (Å²) >= 11 is 5.24. The normalized spacial score (nSPS) is 14.2. The Hall–Kier alpha value is -1.14. The Labute approximate surface area is 137 Å². The van der Waals surface area contributed by atoms with Crippen molar-refractivity contribution in [1.29, 1.82) is 0 Å². The van der Waals surface area contributed by atoms with Gasteiger partial charge < -0.3 is 10.6 Å². The van der Waals surface area contributed by atoms with E-state index in [9.17, 15) is 0 Å². The number of rotatable bonds is 7. The Morgan fingerprint density at radius 3 is 2.62 bits per heavy atom. The van der Waals surface area contributed by atoms with Gasteiger partial charge in [-0.15, -0.1) is 11.3 Å². The topological polar surface area (TPSA) is 49.8 Å². The van der Waals surface area contributed by atoms with Crippen molar-refractivity contribution in [2.75, 3.05) is 17.2 Å². The van der Waals surface area contributed by atoms with Gasteiger partial charge in [-0.2, -0.15) is 0 Å². The molecule has 0 saturated heterocycles. The zero-order valence-electron chi connectivity index (χ0n) is 12.0. The summed E-state index contributed by atoms with van der Waals surface area (Å²) in [6.07, 6.45) is 3.53. The lowest BCUT2D eigenvalue weighted by molar-refractivity contribution is 0.905. The number of hydrogen-bond donors (Lipinski definition) is 2. The maximum absolute atomic E-state index is 4.66. The second kappa shape index (κ2) is 6.75. The van der Waals surface area contributed by atoms with Crippen LogP contribution in [0, 0.1) is 0 Å². The van der Waals surface area contributed by atoms with Gasteiger partial charge >= 0.3 is 0 Å². The Kier molecular flexibility index (Phi) is 4.75. The molecule has 2 heterocycles. The summed E-state index contributed by atoms with van der Waals surface area (Å²) in [6.45, 7) is 3.90. The van der Waals surface area contributed by atoms with Gasteiger partial charge in [0.25, 0.3) is 0 Å². The molecule has 6 heteroatoms. The van der Waals surface area contributed by atoms with E-state index >= 15 is 0 Å². The highest BCUT2D eigenvalue weighted by molar-refractivity contribution is 9.11. The smallest absolute Gasteiger partial charge is 0.136 e. The molecule has 3 rings (SSSR count). The van der Waals surface area contributed by atoms with Gasteiger partial charge in [0.15, 0.2) is 0 Å². The minimum atomic E-state index is 0.560. The predicted molar refractivity (Wildman–Crippen MR) is 92.1 cm³/mol. The van der Waals surface area contributed by atoms with Gasteiger partial charge in [0.05, 0.1) is 10.3 Å². The molecule has 112 valence electrons. The number of anilines is 2. The fraction of sp³-hybridized carbons (Fsp3) is 0.467. The number of thiophene rings is 1. The molecule has 0 aromatic carbocycles. The van der Waals surface area contributed by atoms with Crippen LogP contribution in [0.2, 0.25) is 0 Å². The molecular formula is C15H19BrN4S. The van der Waals surface area contributed by atoms with Gasteiger partial charge in [0.1, 0.15) is 17.5 Å². The van der Waals surface area contributed by atoms with Gasteiger partial charge in [-0.25, -0.2) is 9.97 Å².